The van der Waals surface area contributed by atoms with E-state index in [1.54, 1.807) is 0 Å². The van der Waals surface area contributed by atoms with Gasteiger partial charge in [-0.1, -0.05) is 18.2 Å². The van der Waals surface area contributed by atoms with Crippen molar-refractivity contribution in [3.63, 3.8) is 0 Å². The van der Waals surface area contributed by atoms with Crippen LogP contribution < -0.4 is 11.3 Å². The Morgan fingerprint density at radius 1 is 1.32 bits per heavy atom. The van der Waals surface area contributed by atoms with Crippen molar-refractivity contribution in [1.82, 2.24) is 10.4 Å². The fourth-order valence-corrected chi connectivity index (χ4v) is 5.35. The lowest BCUT2D eigenvalue weighted by Gasteiger charge is -2.30. The van der Waals surface area contributed by atoms with Gasteiger partial charge >= 0.3 is 0 Å². The summed E-state index contributed by atoms with van der Waals surface area (Å²) in [5.74, 6) is 9.43. The highest BCUT2D eigenvalue weighted by molar-refractivity contribution is 8.06. The Labute approximate surface area is 121 Å². The lowest BCUT2D eigenvalue weighted by Crippen LogP contribution is -2.37. The summed E-state index contributed by atoms with van der Waals surface area (Å²) in [5, 5.41) is 2.94. The standard InChI is InChI=1S/C14H17N3S2/c15-17-14(13-9-18-6-7-19-13)11-3-1-2-10-4-5-16-8-12(10)11/h1-5,8,13-14,17H,6-7,9,15H2. The van der Waals surface area contributed by atoms with Gasteiger partial charge in [0, 0.05) is 40.3 Å². The second kappa shape index (κ2) is 6.13. The Kier molecular flexibility index (Phi) is 4.28. The molecular weight excluding hydrogens is 274 g/mol. The maximum atomic E-state index is 5.83. The van der Waals surface area contributed by atoms with Crippen molar-refractivity contribution in [2.75, 3.05) is 17.3 Å². The van der Waals surface area contributed by atoms with Crippen LogP contribution in [0.5, 0.6) is 0 Å². The number of hydrazine groups is 1. The molecule has 0 spiro atoms. The van der Waals surface area contributed by atoms with Crippen molar-refractivity contribution >= 4 is 34.3 Å². The molecule has 1 aromatic carbocycles. The minimum atomic E-state index is 0.186. The molecule has 1 fully saturated rings. The van der Waals surface area contributed by atoms with Gasteiger partial charge in [0.05, 0.1) is 6.04 Å². The molecule has 3 rings (SSSR count). The van der Waals surface area contributed by atoms with E-state index in [0.29, 0.717) is 5.25 Å². The van der Waals surface area contributed by atoms with E-state index >= 15 is 0 Å². The summed E-state index contributed by atoms with van der Waals surface area (Å²) in [5.41, 5.74) is 4.28. The van der Waals surface area contributed by atoms with Gasteiger partial charge in [-0.2, -0.15) is 23.5 Å². The lowest BCUT2D eigenvalue weighted by molar-refractivity contribution is 0.556. The van der Waals surface area contributed by atoms with Crippen molar-refractivity contribution in [3.05, 3.63) is 42.2 Å². The van der Waals surface area contributed by atoms with Crippen LogP contribution in [0.2, 0.25) is 0 Å². The van der Waals surface area contributed by atoms with E-state index in [4.69, 9.17) is 5.84 Å². The quantitative estimate of drug-likeness (QED) is 0.672. The lowest BCUT2D eigenvalue weighted by atomic mass is 9.99. The molecule has 1 aliphatic rings. The summed E-state index contributed by atoms with van der Waals surface area (Å²) in [4.78, 5) is 4.25. The minimum Gasteiger partial charge on any atom is -0.271 e. The van der Waals surface area contributed by atoms with Gasteiger partial charge in [-0.05, 0) is 17.0 Å². The zero-order chi connectivity index (χ0) is 13.1. The number of hydrogen-bond donors (Lipinski definition) is 2. The first kappa shape index (κ1) is 13.2. The molecule has 2 atom stereocenters. The molecule has 3 N–H and O–H groups in total. The van der Waals surface area contributed by atoms with E-state index in [2.05, 4.69) is 34.7 Å². The van der Waals surface area contributed by atoms with Crippen LogP contribution in [0.1, 0.15) is 11.6 Å². The molecule has 2 heterocycles. The largest absolute Gasteiger partial charge is 0.271 e. The Balaban J connectivity index is 2.00. The zero-order valence-electron chi connectivity index (χ0n) is 10.6. The number of pyridine rings is 1. The molecule has 1 aliphatic heterocycles. The van der Waals surface area contributed by atoms with Crippen LogP contribution >= 0.6 is 23.5 Å². The van der Waals surface area contributed by atoms with E-state index < -0.39 is 0 Å². The van der Waals surface area contributed by atoms with Gasteiger partial charge in [0.1, 0.15) is 0 Å². The predicted octanol–water partition coefficient (Wildman–Crippen LogP) is 2.59. The summed E-state index contributed by atoms with van der Waals surface area (Å²) in [7, 11) is 0. The van der Waals surface area contributed by atoms with Crippen molar-refractivity contribution in [3.8, 4) is 0 Å². The third-order valence-corrected chi connectivity index (χ3v) is 6.31. The van der Waals surface area contributed by atoms with Gasteiger partial charge < -0.3 is 0 Å². The summed E-state index contributed by atoms with van der Waals surface area (Å²) in [6.45, 7) is 0. The second-order valence-electron chi connectivity index (χ2n) is 4.57. The van der Waals surface area contributed by atoms with Gasteiger partial charge in [0.25, 0.3) is 0 Å². The molecule has 0 radical (unpaired) electrons. The molecular formula is C14H17N3S2. The van der Waals surface area contributed by atoms with Crippen LogP contribution in [-0.4, -0.2) is 27.5 Å². The molecule has 1 saturated heterocycles. The summed E-state index contributed by atoms with van der Waals surface area (Å²) < 4.78 is 0. The predicted molar refractivity (Wildman–Crippen MR) is 85.4 cm³/mol. The monoisotopic (exact) mass is 291 g/mol. The molecule has 19 heavy (non-hydrogen) atoms. The maximum absolute atomic E-state index is 5.83. The van der Waals surface area contributed by atoms with E-state index in [0.717, 1.165) is 5.75 Å². The van der Waals surface area contributed by atoms with E-state index in [1.807, 2.05) is 35.9 Å². The van der Waals surface area contributed by atoms with Gasteiger partial charge in [0.15, 0.2) is 0 Å². The van der Waals surface area contributed by atoms with Gasteiger partial charge in [-0.3, -0.25) is 16.3 Å². The fourth-order valence-electron chi connectivity index (χ4n) is 2.50. The van der Waals surface area contributed by atoms with Crippen molar-refractivity contribution in [2.45, 2.75) is 11.3 Å². The molecule has 0 bridgehead atoms. The Morgan fingerprint density at radius 2 is 2.26 bits per heavy atom. The number of hydrogen-bond acceptors (Lipinski definition) is 5. The van der Waals surface area contributed by atoms with Crippen molar-refractivity contribution < 1.29 is 0 Å². The number of fused-ring (bicyclic) bond motifs is 1. The SMILES string of the molecule is NNC(c1cccc2ccncc12)C1CSCCS1. The second-order valence-corrected chi connectivity index (χ2v) is 7.07. The first-order valence-corrected chi connectivity index (χ1v) is 8.58. The highest BCUT2D eigenvalue weighted by atomic mass is 32.2. The summed E-state index contributed by atoms with van der Waals surface area (Å²) >= 11 is 4.03. The fraction of sp³-hybridized carbons (Fsp3) is 0.357. The van der Waals surface area contributed by atoms with Crippen molar-refractivity contribution in [2.24, 2.45) is 5.84 Å². The number of thioether (sulfide) groups is 2. The highest BCUT2D eigenvalue weighted by Gasteiger charge is 2.26. The van der Waals surface area contributed by atoms with E-state index in [-0.39, 0.29) is 6.04 Å². The molecule has 2 aromatic rings. The number of aromatic nitrogens is 1. The van der Waals surface area contributed by atoms with Crippen LogP contribution in [0.4, 0.5) is 0 Å². The van der Waals surface area contributed by atoms with E-state index in [1.165, 1.54) is 27.8 Å². The van der Waals surface area contributed by atoms with Crippen LogP contribution in [0.25, 0.3) is 10.8 Å². The van der Waals surface area contributed by atoms with Crippen molar-refractivity contribution in [1.29, 1.82) is 0 Å². The first-order valence-electron chi connectivity index (χ1n) is 6.38. The van der Waals surface area contributed by atoms with Crippen LogP contribution in [0.3, 0.4) is 0 Å². The normalized spacial score (nSPS) is 21.4. The molecule has 100 valence electrons. The molecule has 2 unspecified atom stereocenters. The zero-order valence-corrected chi connectivity index (χ0v) is 12.2. The van der Waals surface area contributed by atoms with Crippen LogP contribution in [0, 0.1) is 0 Å². The number of nitrogens with zero attached hydrogens (tertiary/aromatic N) is 1. The number of rotatable bonds is 3. The third kappa shape index (κ3) is 2.74. The topological polar surface area (TPSA) is 50.9 Å². The molecule has 0 amide bonds. The van der Waals surface area contributed by atoms with Gasteiger partial charge in [0.2, 0.25) is 0 Å². The molecule has 0 saturated carbocycles. The molecule has 0 aliphatic carbocycles. The molecule has 1 aromatic heterocycles. The number of benzene rings is 1. The summed E-state index contributed by atoms with van der Waals surface area (Å²) in [6, 6.07) is 8.62. The Hall–Kier alpha value is -0.750. The first-order chi connectivity index (χ1) is 9.40. The summed E-state index contributed by atoms with van der Waals surface area (Å²) in [6.07, 6.45) is 3.78. The van der Waals surface area contributed by atoms with E-state index in [9.17, 15) is 0 Å². The van der Waals surface area contributed by atoms with Crippen LogP contribution in [0.15, 0.2) is 36.7 Å². The highest BCUT2D eigenvalue weighted by Crippen LogP contribution is 2.35. The number of nitrogens with one attached hydrogen (secondary N) is 1. The Morgan fingerprint density at radius 3 is 3.05 bits per heavy atom. The van der Waals surface area contributed by atoms with Crippen LogP contribution in [-0.2, 0) is 0 Å². The minimum absolute atomic E-state index is 0.186. The smallest absolute Gasteiger partial charge is 0.0593 e. The third-order valence-electron chi connectivity index (χ3n) is 3.45. The molecule has 5 heteroatoms. The number of nitrogens with two attached hydrogens (primary N) is 1. The van der Waals surface area contributed by atoms with Gasteiger partial charge in [-0.25, -0.2) is 0 Å². The van der Waals surface area contributed by atoms with Gasteiger partial charge in [-0.15, -0.1) is 0 Å². The maximum Gasteiger partial charge on any atom is 0.0593 e. The average Bonchev–Trinajstić information content (AvgIpc) is 2.49. The Bertz CT molecular complexity index is 550. The molecule has 3 nitrogen and oxygen atoms in total. The average molecular weight is 291 g/mol.